The molecule has 0 saturated heterocycles. The molecule has 470 valence electrons. The third kappa shape index (κ3) is 68.4. The first-order valence-corrected chi connectivity index (χ1v) is 36.2. The highest BCUT2D eigenvalue weighted by Crippen LogP contribution is 2.19. The SMILES string of the molecule is CC/C=C\C/C=C\C/C=C\C/C=C\CCCCCCCCCCCCCCCCCCC(=O)OC(CO)COC(=O)CCCCCCCCCCCCCCCCCCCCCCCCCCCCCCCCCCCCCCC. The molecule has 80 heavy (non-hydrogen) atoms. The number of unbranched alkanes of at least 4 members (excludes halogenated alkanes) is 52. The van der Waals surface area contributed by atoms with Gasteiger partial charge in [-0.2, -0.15) is 0 Å². The van der Waals surface area contributed by atoms with Crippen molar-refractivity contribution in [3.63, 3.8) is 0 Å². The highest BCUT2D eigenvalue weighted by molar-refractivity contribution is 5.70. The fraction of sp³-hybridized carbons (Fsp3) is 0.867. The van der Waals surface area contributed by atoms with Crippen molar-refractivity contribution in [1.82, 2.24) is 0 Å². The van der Waals surface area contributed by atoms with Crippen molar-refractivity contribution in [2.45, 2.75) is 405 Å². The molecule has 5 heteroatoms. The van der Waals surface area contributed by atoms with Crippen LogP contribution in [0.1, 0.15) is 399 Å². The summed E-state index contributed by atoms with van der Waals surface area (Å²) in [7, 11) is 0. The van der Waals surface area contributed by atoms with Crippen LogP contribution in [0.15, 0.2) is 48.6 Å². The molecule has 0 aromatic carbocycles. The Bertz CT molecular complexity index is 1320. The molecule has 0 spiro atoms. The van der Waals surface area contributed by atoms with Gasteiger partial charge in [-0.15, -0.1) is 0 Å². The van der Waals surface area contributed by atoms with Crippen LogP contribution >= 0.6 is 0 Å². The number of aliphatic hydroxyl groups excluding tert-OH is 1. The lowest BCUT2D eigenvalue weighted by atomic mass is 10.0. The molecule has 0 heterocycles. The Balaban J connectivity index is 3.37. The minimum Gasteiger partial charge on any atom is -0.462 e. The number of hydrogen-bond acceptors (Lipinski definition) is 5. The van der Waals surface area contributed by atoms with Crippen LogP contribution < -0.4 is 0 Å². The zero-order valence-corrected chi connectivity index (χ0v) is 54.1. The van der Waals surface area contributed by atoms with Crippen molar-refractivity contribution >= 4 is 11.9 Å². The van der Waals surface area contributed by atoms with E-state index in [1.54, 1.807) is 0 Å². The van der Waals surface area contributed by atoms with E-state index < -0.39 is 6.10 Å². The number of carbonyl (C=O) groups excluding carboxylic acids is 2. The molecule has 0 aliphatic carbocycles. The van der Waals surface area contributed by atoms with E-state index in [1.165, 1.54) is 315 Å². The van der Waals surface area contributed by atoms with Gasteiger partial charge in [0.2, 0.25) is 0 Å². The summed E-state index contributed by atoms with van der Waals surface area (Å²) in [5.41, 5.74) is 0. The molecule has 0 saturated carbocycles. The Labute approximate surface area is 500 Å². The van der Waals surface area contributed by atoms with Gasteiger partial charge in [0.1, 0.15) is 6.61 Å². The lowest BCUT2D eigenvalue weighted by Crippen LogP contribution is -2.28. The van der Waals surface area contributed by atoms with Gasteiger partial charge in [0.25, 0.3) is 0 Å². The monoisotopic (exact) mass is 1120 g/mol. The van der Waals surface area contributed by atoms with Crippen LogP contribution in [0.5, 0.6) is 0 Å². The van der Waals surface area contributed by atoms with Crippen molar-refractivity contribution in [2.75, 3.05) is 13.2 Å². The van der Waals surface area contributed by atoms with Crippen LogP contribution in [0.3, 0.4) is 0 Å². The van der Waals surface area contributed by atoms with E-state index in [4.69, 9.17) is 9.47 Å². The van der Waals surface area contributed by atoms with Gasteiger partial charge in [-0.1, -0.05) is 383 Å². The summed E-state index contributed by atoms with van der Waals surface area (Å²) in [6.07, 6.45) is 96.0. The van der Waals surface area contributed by atoms with Crippen LogP contribution in [0.2, 0.25) is 0 Å². The minimum atomic E-state index is -0.772. The Kier molecular flexibility index (Phi) is 69.2. The molecule has 1 N–H and O–H groups in total. The zero-order chi connectivity index (χ0) is 57.6. The molecule has 0 radical (unpaired) electrons. The maximum atomic E-state index is 12.4. The second kappa shape index (κ2) is 71.1. The summed E-state index contributed by atoms with van der Waals surface area (Å²) in [5.74, 6) is -0.568. The number of ether oxygens (including phenoxy) is 2. The molecule has 0 aliphatic rings. The first kappa shape index (κ1) is 77.9. The molecule has 0 aromatic rings. The van der Waals surface area contributed by atoms with Crippen molar-refractivity contribution < 1.29 is 24.2 Å². The number of rotatable bonds is 68. The van der Waals surface area contributed by atoms with E-state index in [9.17, 15) is 14.7 Å². The Hall–Kier alpha value is -2.14. The summed E-state index contributed by atoms with van der Waals surface area (Å²) in [6.45, 7) is 4.09. The first-order valence-electron chi connectivity index (χ1n) is 36.2. The highest BCUT2D eigenvalue weighted by Gasteiger charge is 2.16. The lowest BCUT2D eigenvalue weighted by Gasteiger charge is -2.15. The van der Waals surface area contributed by atoms with Crippen molar-refractivity contribution in [1.29, 1.82) is 0 Å². The Morgan fingerprint density at radius 1 is 0.300 bits per heavy atom. The standard InChI is InChI=1S/C75H140O5/c1-3-5-7-9-11-13-15-17-19-21-23-25-27-29-31-33-34-35-36-37-38-39-40-42-43-45-47-49-51-53-55-57-59-61-63-65-67-69-74(77)79-72-73(71-76)80-75(78)70-68-66-64-62-60-58-56-54-52-50-48-46-44-41-32-30-28-26-24-22-20-18-16-14-12-10-8-6-4-2/h6,8,12,14,18,20,24,26,73,76H,3-5,7,9-11,13,15-17,19,21-23,25,27-72H2,1-2H3/b8-6-,14-12-,20-18-,26-24-. The molecule has 1 atom stereocenters. The highest BCUT2D eigenvalue weighted by atomic mass is 16.6. The quantitative estimate of drug-likeness (QED) is 0.0373. The van der Waals surface area contributed by atoms with Gasteiger partial charge in [-0.05, 0) is 51.4 Å². The first-order chi connectivity index (χ1) is 39.6. The van der Waals surface area contributed by atoms with E-state index in [-0.39, 0.29) is 25.2 Å². The molecule has 0 amide bonds. The predicted molar refractivity (Wildman–Crippen MR) is 353 cm³/mol. The molecule has 0 fully saturated rings. The Morgan fingerprint density at radius 3 is 0.812 bits per heavy atom. The molecule has 0 aromatic heterocycles. The van der Waals surface area contributed by atoms with E-state index in [1.807, 2.05) is 0 Å². The van der Waals surface area contributed by atoms with Gasteiger partial charge in [0.05, 0.1) is 6.61 Å². The molecule has 0 aliphatic heterocycles. The number of carbonyl (C=O) groups is 2. The second-order valence-corrected chi connectivity index (χ2v) is 24.7. The van der Waals surface area contributed by atoms with Gasteiger partial charge >= 0.3 is 11.9 Å². The van der Waals surface area contributed by atoms with Crippen LogP contribution in [-0.2, 0) is 19.1 Å². The number of hydrogen-bond donors (Lipinski definition) is 1. The number of allylic oxidation sites excluding steroid dienone is 8. The van der Waals surface area contributed by atoms with Crippen molar-refractivity contribution in [2.24, 2.45) is 0 Å². The summed E-state index contributed by atoms with van der Waals surface area (Å²) in [5, 5.41) is 9.71. The number of esters is 2. The summed E-state index contributed by atoms with van der Waals surface area (Å²) < 4.78 is 10.8. The molecular weight excluding hydrogens is 981 g/mol. The van der Waals surface area contributed by atoms with Gasteiger partial charge in [0, 0.05) is 12.8 Å². The normalized spacial score (nSPS) is 12.4. The lowest BCUT2D eigenvalue weighted by molar-refractivity contribution is -0.161. The summed E-state index contributed by atoms with van der Waals surface area (Å²) in [6, 6.07) is 0. The van der Waals surface area contributed by atoms with Gasteiger partial charge in [0.15, 0.2) is 6.10 Å². The van der Waals surface area contributed by atoms with E-state index >= 15 is 0 Å². The Morgan fingerprint density at radius 2 is 0.537 bits per heavy atom. The number of aliphatic hydroxyl groups is 1. The molecule has 5 nitrogen and oxygen atoms in total. The van der Waals surface area contributed by atoms with Crippen molar-refractivity contribution in [3.05, 3.63) is 48.6 Å². The zero-order valence-electron chi connectivity index (χ0n) is 54.1. The third-order valence-electron chi connectivity index (χ3n) is 16.6. The average molecular weight is 1120 g/mol. The van der Waals surface area contributed by atoms with E-state index in [0.29, 0.717) is 12.8 Å². The van der Waals surface area contributed by atoms with Gasteiger partial charge in [-0.3, -0.25) is 9.59 Å². The van der Waals surface area contributed by atoms with Crippen LogP contribution in [-0.4, -0.2) is 36.4 Å². The summed E-state index contributed by atoms with van der Waals surface area (Å²) in [4.78, 5) is 24.7. The van der Waals surface area contributed by atoms with Gasteiger partial charge < -0.3 is 14.6 Å². The second-order valence-electron chi connectivity index (χ2n) is 24.7. The maximum Gasteiger partial charge on any atom is 0.306 e. The molecule has 1 unspecified atom stereocenters. The average Bonchev–Trinajstić information content (AvgIpc) is 3.46. The topological polar surface area (TPSA) is 72.8 Å². The smallest absolute Gasteiger partial charge is 0.306 e. The minimum absolute atomic E-state index is 0.0605. The van der Waals surface area contributed by atoms with Gasteiger partial charge in [-0.25, -0.2) is 0 Å². The molecular formula is C75H140O5. The predicted octanol–water partition coefficient (Wildman–Crippen LogP) is 25.1. The maximum absolute atomic E-state index is 12.4. The van der Waals surface area contributed by atoms with Crippen molar-refractivity contribution in [3.8, 4) is 0 Å². The molecule has 0 bridgehead atoms. The fourth-order valence-corrected chi connectivity index (χ4v) is 11.3. The van der Waals surface area contributed by atoms with Crippen LogP contribution in [0.25, 0.3) is 0 Å². The van der Waals surface area contributed by atoms with E-state index in [2.05, 4.69) is 62.5 Å². The summed E-state index contributed by atoms with van der Waals surface area (Å²) >= 11 is 0. The van der Waals surface area contributed by atoms with E-state index in [0.717, 1.165) is 57.8 Å². The third-order valence-corrected chi connectivity index (χ3v) is 16.6. The van der Waals surface area contributed by atoms with Crippen LogP contribution in [0.4, 0.5) is 0 Å². The van der Waals surface area contributed by atoms with Crippen LogP contribution in [0, 0.1) is 0 Å². The largest absolute Gasteiger partial charge is 0.462 e. The molecule has 0 rings (SSSR count). The fourth-order valence-electron chi connectivity index (χ4n) is 11.3.